The second-order valence-electron chi connectivity index (χ2n) is 3.26. The first-order valence-electron chi connectivity index (χ1n) is 4.44. The number of rotatable bonds is 0. The summed E-state index contributed by atoms with van der Waals surface area (Å²) in [6, 6.07) is 9.33. The van der Waals surface area contributed by atoms with Gasteiger partial charge < -0.3 is 9.97 Å². The molecule has 2 heterocycles. The smallest absolute Gasteiger partial charge is 0.191 e. The summed E-state index contributed by atoms with van der Waals surface area (Å²) in [6.45, 7) is 0. The number of fused-ring (bicyclic) bond motifs is 3. The van der Waals surface area contributed by atoms with Gasteiger partial charge in [-0.3, -0.25) is 4.79 Å². The van der Waals surface area contributed by atoms with Gasteiger partial charge in [0.2, 0.25) is 0 Å². The first-order chi connectivity index (χ1) is 6.86. The van der Waals surface area contributed by atoms with E-state index in [-0.39, 0.29) is 5.43 Å². The van der Waals surface area contributed by atoms with Crippen molar-refractivity contribution in [2.24, 2.45) is 0 Å². The lowest BCUT2D eigenvalue weighted by atomic mass is 10.2. The molecule has 0 atom stereocenters. The number of aromatic nitrogens is 2. The quantitative estimate of drug-likeness (QED) is 0.551. The number of hydrogen-bond donors (Lipinski definition) is 2. The van der Waals surface area contributed by atoms with Crippen LogP contribution in [-0.2, 0) is 0 Å². The number of benzene rings is 1. The maximum atomic E-state index is 11.6. The molecule has 3 nitrogen and oxygen atoms in total. The highest BCUT2D eigenvalue weighted by Gasteiger charge is 2.05. The highest BCUT2D eigenvalue weighted by Crippen LogP contribution is 2.19. The molecule has 0 spiro atoms. The van der Waals surface area contributed by atoms with Crippen molar-refractivity contribution in [1.29, 1.82) is 0 Å². The molecule has 3 rings (SSSR count). The Labute approximate surface area is 79.4 Å². The van der Waals surface area contributed by atoms with E-state index in [9.17, 15) is 4.79 Å². The Hall–Kier alpha value is -2.03. The fraction of sp³-hybridized carbons (Fsp3) is 0. The number of aromatic amines is 2. The molecule has 0 aliphatic rings. The van der Waals surface area contributed by atoms with Gasteiger partial charge in [-0.2, -0.15) is 0 Å². The van der Waals surface area contributed by atoms with Crippen molar-refractivity contribution in [1.82, 2.24) is 9.97 Å². The zero-order chi connectivity index (χ0) is 9.54. The maximum absolute atomic E-state index is 11.6. The van der Waals surface area contributed by atoms with Gasteiger partial charge in [-0.05, 0) is 6.07 Å². The predicted octanol–water partition coefficient (Wildman–Crippen LogP) is 2.01. The van der Waals surface area contributed by atoms with Gasteiger partial charge in [0.05, 0.1) is 5.39 Å². The molecule has 0 unspecified atom stereocenters. The summed E-state index contributed by atoms with van der Waals surface area (Å²) in [7, 11) is 0. The predicted molar refractivity (Wildman–Crippen MR) is 56.4 cm³/mol. The third kappa shape index (κ3) is 0.836. The fourth-order valence-corrected chi connectivity index (χ4v) is 1.79. The van der Waals surface area contributed by atoms with Crippen molar-refractivity contribution >= 4 is 21.9 Å². The van der Waals surface area contributed by atoms with Crippen LogP contribution in [0.2, 0.25) is 0 Å². The first-order valence-corrected chi connectivity index (χ1v) is 4.44. The van der Waals surface area contributed by atoms with Crippen molar-refractivity contribution in [2.45, 2.75) is 0 Å². The zero-order valence-corrected chi connectivity index (χ0v) is 7.37. The lowest BCUT2D eigenvalue weighted by molar-refractivity contribution is 1.33. The van der Waals surface area contributed by atoms with E-state index in [2.05, 4.69) is 9.97 Å². The van der Waals surface area contributed by atoms with E-state index in [1.54, 1.807) is 12.3 Å². The van der Waals surface area contributed by atoms with Crippen LogP contribution in [0.5, 0.6) is 0 Å². The largest absolute Gasteiger partial charge is 0.347 e. The van der Waals surface area contributed by atoms with E-state index in [0.717, 1.165) is 21.9 Å². The number of nitrogens with one attached hydrogen (secondary N) is 2. The van der Waals surface area contributed by atoms with Crippen LogP contribution in [0.15, 0.2) is 41.3 Å². The second-order valence-corrected chi connectivity index (χ2v) is 3.26. The zero-order valence-electron chi connectivity index (χ0n) is 7.37. The Kier molecular flexibility index (Phi) is 1.31. The van der Waals surface area contributed by atoms with Gasteiger partial charge in [0.25, 0.3) is 0 Å². The molecule has 1 aromatic carbocycles. The second kappa shape index (κ2) is 2.48. The van der Waals surface area contributed by atoms with E-state index in [4.69, 9.17) is 0 Å². The lowest BCUT2D eigenvalue weighted by Gasteiger charge is -1.87. The third-order valence-electron chi connectivity index (χ3n) is 2.41. The van der Waals surface area contributed by atoms with Crippen molar-refractivity contribution in [3.05, 3.63) is 46.8 Å². The molecule has 2 N–H and O–H groups in total. The van der Waals surface area contributed by atoms with E-state index in [0.29, 0.717) is 0 Å². The Morgan fingerprint density at radius 2 is 1.93 bits per heavy atom. The molecule has 3 heteroatoms. The average Bonchev–Trinajstić information content (AvgIpc) is 2.57. The van der Waals surface area contributed by atoms with Crippen LogP contribution < -0.4 is 5.43 Å². The minimum Gasteiger partial charge on any atom is -0.347 e. The molecule has 0 fully saturated rings. The standard InChI is InChI=1S/C11H8N2O/c14-9-5-6-12-11-10(9)7-3-1-2-4-8(7)13-11/h1-6H,(H2,12,13,14). The molecule has 0 amide bonds. The van der Waals surface area contributed by atoms with Gasteiger partial charge in [-0.15, -0.1) is 0 Å². The molecule has 68 valence electrons. The molecular weight excluding hydrogens is 176 g/mol. The Bertz CT molecular complexity index is 663. The lowest BCUT2D eigenvalue weighted by Crippen LogP contribution is -1.97. The monoisotopic (exact) mass is 184 g/mol. The highest BCUT2D eigenvalue weighted by molar-refractivity contribution is 6.05. The number of pyridine rings is 1. The molecule has 14 heavy (non-hydrogen) atoms. The molecule has 0 aliphatic heterocycles. The molecule has 0 saturated heterocycles. The van der Waals surface area contributed by atoms with Crippen molar-refractivity contribution in [3.63, 3.8) is 0 Å². The maximum Gasteiger partial charge on any atom is 0.191 e. The Morgan fingerprint density at radius 3 is 2.86 bits per heavy atom. The summed E-state index contributed by atoms with van der Waals surface area (Å²) < 4.78 is 0. The third-order valence-corrected chi connectivity index (χ3v) is 2.41. The van der Waals surface area contributed by atoms with Gasteiger partial charge in [0, 0.05) is 23.2 Å². The average molecular weight is 184 g/mol. The molecule has 0 bridgehead atoms. The number of hydrogen-bond acceptors (Lipinski definition) is 1. The van der Waals surface area contributed by atoms with Crippen LogP contribution in [0.25, 0.3) is 21.9 Å². The SMILES string of the molecule is O=c1cc[nH]c2[nH]c3ccccc3c12. The highest BCUT2D eigenvalue weighted by atomic mass is 16.1. The van der Waals surface area contributed by atoms with Gasteiger partial charge in [-0.1, -0.05) is 18.2 Å². The van der Waals surface area contributed by atoms with Crippen LogP contribution in [-0.4, -0.2) is 9.97 Å². The van der Waals surface area contributed by atoms with E-state index >= 15 is 0 Å². The van der Waals surface area contributed by atoms with Gasteiger partial charge in [0.15, 0.2) is 5.43 Å². The van der Waals surface area contributed by atoms with Gasteiger partial charge in [0.1, 0.15) is 5.65 Å². The van der Waals surface area contributed by atoms with Crippen molar-refractivity contribution in [3.8, 4) is 0 Å². The minimum atomic E-state index is 0.0520. The van der Waals surface area contributed by atoms with E-state index in [1.165, 1.54) is 0 Å². The molecule has 0 aliphatic carbocycles. The van der Waals surface area contributed by atoms with E-state index in [1.807, 2.05) is 24.3 Å². The summed E-state index contributed by atoms with van der Waals surface area (Å²) in [5.41, 5.74) is 1.83. The van der Waals surface area contributed by atoms with Crippen LogP contribution in [0.4, 0.5) is 0 Å². The van der Waals surface area contributed by atoms with Gasteiger partial charge >= 0.3 is 0 Å². The Balaban J connectivity index is 2.73. The molecule has 3 aromatic rings. The van der Waals surface area contributed by atoms with E-state index < -0.39 is 0 Å². The summed E-state index contributed by atoms with van der Waals surface area (Å²) in [4.78, 5) is 17.8. The van der Waals surface area contributed by atoms with Crippen LogP contribution in [0, 0.1) is 0 Å². The number of H-pyrrole nitrogens is 2. The van der Waals surface area contributed by atoms with Crippen LogP contribution >= 0.6 is 0 Å². The Morgan fingerprint density at radius 1 is 1.07 bits per heavy atom. The molecular formula is C11H8N2O. The topological polar surface area (TPSA) is 48.6 Å². The van der Waals surface area contributed by atoms with Crippen molar-refractivity contribution in [2.75, 3.05) is 0 Å². The molecule has 0 radical (unpaired) electrons. The normalized spacial score (nSPS) is 11.1. The van der Waals surface area contributed by atoms with Crippen LogP contribution in [0.1, 0.15) is 0 Å². The van der Waals surface area contributed by atoms with Crippen molar-refractivity contribution < 1.29 is 0 Å². The summed E-state index contributed by atoms with van der Waals surface area (Å²) in [5.74, 6) is 0. The fourth-order valence-electron chi connectivity index (χ4n) is 1.79. The summed E-state index contributed by atoms with van der Waals surface area (Å²) >= 11 is 0. The summed E-state index contributed by atoms with van der Waals surface area (Å²) in [5, 5.41) is 1.72. The molecule has 0 saturated carbocycles. The first kappa shape index (κ1) is 7.38. The molecule has 2 aromatic heterocycles. The van der Waals surface area contributed by atoms with Crippen LogP contribution in [0.3, 0.4) is 0 Å². The number of para-hydroxylation sites is 1. The summed E-state index contributed by atoms with van der Waals surface area (Å²) in [6.07, 6.45) is 1.65. The minimum absolute atomic E-state index is 0.0520. The van der Waals surface area contributed by atoms with Gasteiger partial charge in [-0.25, -0.2) is 0 Å².